The number of rotatable bonds is 3. The number of nitrogens with one attached hydrogen (secondary N) is 1. The highest BCUT2D eigenvalue weighted by Crippen LogP contribution is 2.26. The topological polar surface area (TPSA) is 37.8 Å². The maximum absolute atomic E-state index is 13.0. The first-order valence-electron chi connectivity index (χ1n) is 4.74. The van der Waals surface area contributed by atoms with Crippen LogP contribution in [-0.2, 0) is 0 Å². The molecule has 0 aliphatic rings. The molecule has 1 aromatic heterocycles. The van der Waals surface area contributed by atoms with Crippen LogP contribution in [0.4, 0.5) is 14.6 Å². The predicted octanol–water partition coefficient (Wildman–Crippen LogP) is 2.92. The second-order valence-electron chi connectivity index (χ2n) is 3.12. The van der Waals surface area contributed by atoms with Crippen molar-refractivity contribution in [1.82, 2.24) is 8.75 Å². The second-order valence-corrected chi connectivity index (χ2v) is 3.65. The molecule has 6 heteroatoms. The highest BCUT2D eigenvalue weighted by Gasteiger charge is 2.11. The minimum atomic E-state index is -0.882. The third-order valence-electron chi connectivity index (χ3n) is 2.03. The molecule has 2 aromatic rings. The third-order valence-corrected chi connectivity index (χ3v) is 2.55. The van der Waals surface area contributed by atoms with Crippen LogP contribution in [0.3, 0.4) is 0 Å². The molecule has 0 saturated carbocycles. The zero-order valence-corrected chi connectivity index (χ0v) is 9.31. The average molecular weight is 241 g/mol. The van der Waals surface area contributed by atoms with E-state index in [1.54, 1.807) is 0 Å². The summed E-state index contributed by atoms with van der Waals surface area (Å²) in [5.41, 5.74) is 1.06. The van der Waals surface area contributed by atoms with Gasteiger partial charge in [-0.05, 0) is 25.1 Å². The van der Waals surface area contributed by atoms with E-state index < -0.39 is 11.6 Å². The van der Waals surface area contributed by atoms with Gasteiger partial charge in [-0.1, -0.05) is 0 Å². The fourth-order valence-corrected chi connectivity index (χ4v) is 1.85. The Balaban J connectivity index is 2.42. The second kappa shape index (κ2) is 4.52. The predicted molar refractivity (Wildman–Crippen MR) is 59.4 cm³/mol. The molecule has 3 nitrogen and oxygen atoms in total. The summed E-state index contributed by atoms with van der Waals surface area (Å²) >= 11 is 1.03. The van der Waals surface area contributed by atoms with Crippen molar-refractivity contribution in [2.45, 2.75) is 6.92 Å². The Kier molecular flexibility index (Phi) is 3.09. The molecule has 0 aliphatic carbocycles. The molecule has 0 saturated heterocycles. The molecule has 1 aromatic carbocycles. The van der Waals surface area contributed by atoms with Gasteiger partial charge in [-0.2, -0.15) is 8.75 Å². The summed E-state index contributed by atoms with van der Waals surface area (Å²) < 4.78 is 33.9. The zero-order chi connectivity index (χ0) is 11.5. The number of halogens is 2. The minimum absolute atomic E-state index is 0.517. The molecule has 0 amide bonds. The molecule has 84 valence electrons. The van der Waals surface area contributed by atoms with Gasteiger partial charge in [-0.3, -0.25) is 0 Å². The van der Waals surface area contributed by atoms with Crippen LogP contribution in [0.25, 0.3) is 11.3 Å². The van der Waals surface area contributed by atoms with Gasteiger partial charge in [0.05, 0.1) is 11.7 Å². The molecule has 0 spiro atoms. The van der Waals surface area contributed by atoms with Crippen molar-refractivity contribution >= 4 is 17.5 Å². The standard InChI is InChI=1S/C10H9F2N3S/c1-2-13-10-9(14-16-15-10)6-3-4-7(11)8(12)5-6/h3-5H,2H2,1H3,(H,13,15). The van der Waals surface area contributed by atoms with Crippen LogP contribution in [0.2, 0.25) is 0 Å². The van der Waals surface area contributed by atoms with Crippen molar-refractivity contribution in [3.8, 4) is 11.3 Å². The summed E-state index contributed by atoms with van der Waals surface area (Å²) in [7, 11) is 0. The van der Waals surface area contributed by atoms with Crippen molar-refractivity contribution in [3.05, 3.63) is 29.8 Å². The van der Waals surface area contributed by atoms with Crippen LogP contribution in [0, 0.1) is 11.6 Å². The van der Waals surface area contributed by atoms with Crippen molar-refractivity contribution < 1.29 is 8.78 Å². The molecular weight excluding hydrogens is 232 g/mol. The molecule has 0 atom stereocenters. The molecule has 2 rings (SSSR count). The summed E-state index contributed by atoms with van der Waals surface area (Å²) in [6.45, 7) is 2.62. The number of anilines is 1. The highest BCUT2D eigenvalue weighted by atomic mass is 32.1. The number of nitrogens with zero attached hydrogens (tertiary/aromatic N) is 2. The Bertz CT molecular complexity index is 499. The number of hydrogen-bond donors (Lipinski definition) is 1. The lowest BCUT2D eigenvalue weighted by Crippen LogP contribution is -1.98. The Morgan fingerprint density at radius 1 is 1.25 bits per heavy atom. The molecule has 0 unspecified atom stereocenters. The van der Waals surface area contributed by atoms with E-state index in [-0.39, 0.29) is 0 Å². The number of aromatic nitrogens is 2. The lowest BCUT2D eigenvalue weighted by atomic mass is 10.1. The van der Waals surface area contributed by atoms with Gasteiger partial charge >= 0.3 is 0 Å². The van der Waals surface area contributed by atoms with E-state index in [4.69, 9.17) is 0 Å². The average Bonchev–Trinajstić information content (AvgIpc) is 2.71. The van der Waals surface area contributed by atoms with Gasteiger partial charge in [0.2, 0.25) is 0 Å². The van der Waals surface area contributed by atoms with Crippen molar-refractivity contribution in [2.75, 3.05) is 11.9 Å². The van der Waals surface area contributed by atoms with Crippen LogP contribution >= 0.6 is 11.7 Å². The lowest BCUT2D eigenvalue weighted by molar-refractivity contribution is 0.509. The van der Waals surface area contributed by atoms with Crippen LogP contribution in [0.15, 0.2) is 18.2 Å². The van der Waals surface area contributed by atoms with E-state index in [1.807, 2.05) is 6.92 Å². The first-order chi connectivity index (χ1) is 7.72. The van der Waals surface area contributed by atoms with Crippen molar-refractivity contribution in [1.29, 1.82) is 0 Å². The monoisotopic (exact) mass is 241 g/mol. The summed E-state index contributed by atoms with van der Waals surface area (Å²) in [6.07, 6.45) is 0. The zero-order valence-electron chi connectivity index (χ0n) is 8.50. The van der Waals surface area contributed by atoms with Gasteiger partial charge in [0.25, 0.3) is 0 Å². The van der Waals surface area contributed by atoms with Crippen LogP contribution in [-0.4, -0.2) is 15.3 Å². The number of hydrogen-bond acceptors (Lipinski definition) is 4. The van der Waals surface area contributed by atoms with Crippen LogP contribution in [0.5, 0.6) is 0 Å². The summed E-state index contributed by atoms with van der Waals surface area (Å²) in [4.78, 5) is 0. The smallest absolute Gasteiger partial charge is 0.168 e. The Hall–Kier alpha value is -1.56. The fraction of sp³-hybridized carbons (Fsp3) is 0.200. The quantitative estimate of drug-likeness (QED) is 0.897. The molecule has 1 N–H and O–H groups in total. The normalized spacial score (nSPS) is 10.4. The van der Waals surface area contributed by atoms with Crippen molar-refractivity contribution in [3.63, 3.8) is 0 Å². The van der Waals surface area contributed by atoms with Crippen LogP contribution < -0.4 is 5.32 Å². The molecular formula is C10H9F2N3S. The largest absolute Gasteiger partial charge is 0.368 e. The SMILES string of the molecule is CCNc1nsnc1-c1ccc(F)c(F)c1. The molecule has 0 fully saturated rings. The summed E-state index contributed by atoms with van der Waals surface area (Å²) in [5, 5.41) is 3.01. The highest BCUT2D eigenvalue weighted by molar-refractivity contribution is 6.99. The van der Waals surface area contributed by atoms with E-state index in [0.717, 1.165) is 23.9 Å². The molecule has 0 bridgehead atoms. The van der Waals surface area contributed by atoms with E-state index in [2.05, 4.69) is 14.1 Å². The van der Waals surface area contributed by atoms with E-state index in [0.29, 0.717) is 23.6 Å². The summed E-state index contributed by atoms with van der Waals surface area (Å²) in [6, 6.07) is 3.68. The van der Waals surface area contributed by atoms with E-state index in [9.17, 15) is 8.78 Å². The van der Waals surface area contributed by atoms with Crippen molar-refractivity contribution in [2.24, 2.45) is 0 Å². The maximum Gasteiger partial charge on any atom is 0.168 e. The van der Waals surface area contributed by atoms with Gasteiger partial charge < -0.3 is 5.32 Å². The first-order valence-corrected chi connectivity index (χ1v) is 5.47. The minimum Gasteiger partial charge on any atom is -0.368 e. The van der Waals surface area contributed by atoms with Gasteiger partial charge in [-0.15, -0.1) is 0 Å². The lowest BCUT2D eigenvalue weighted by Gasteiger charge is -2.02. The molecule has 1 heterocycles. The van der Waals surface area contributed by atoms with E-state index >= 15 is 0 Å². The van der Waals surface area contributed by atoms with Gasteiger partial charge in [0.1, 0.15) is 5.69 Å². The Morgan fingerprint density at radius 2 is 2.06 bits per heavy atom. The molecule has 16 heavy (non-hydrogen) atoms. The molecule has 0 radical (unpaired) electrons. The van der Waals surface area contributed by atoms with Gasteiger partial charge in [0.15, 0.2) is 17.5 Å². The maximum atomic E-state index is 13.0. The van der Waals surface area contributed by atoms with Gasteiger partial charge in [0, 0.05) is 12.1 Å². The summed E-state index contributed by atoms with van der Waals surface area (Å²) in [5.74, 6) is -1.15. The van der Waals surface area contributed by atoms with Gasteiger partial charge in [-0.25, -0.2) is 8.78 Å². The molecule has 0 aliphatic heterocycles. The first kappa shape index (κ1) is 10.9. The number of benzene rings is 1. The van der Waals surface area contributed by atoms with E-state index in [1.165, 1.54) is 6.07 Å². The third kappa shape index (κ3) is 2.01. The Labute approximate surface area is 95.5 Å². The fourth-order valence-electron chi connectivity index (χ4n) is 1.30. The van der Waals surface area contributed by atoms with Crippen LogP contribution in [0.1, 0.15) is 6.92 Å². The Morgan fingerprint density at radius 3 is 2.75 bits per heavy atom.